The number of carboxylic acids is 1. The van der Waals surface area contributed by atoms with Gasteiger partial charge in [0.15, 0.2) is 6.10 Å². The number of carboxylic acid groups (broad SMARTS) is 1. The van der Waals surface area contributed by atoms with Gasteiger partial charge in [0, 0.05) is 5.69 Å². The average Bonchev–Trinajstić information content (AvgIpc) is 2.81. The van der Waals surface area contributed by atoms with Crippen molar-refractivity contribution in [3.8, 4) is 0 Å². The first-order valence-corrected chi connectivity index (χ1v) is 5.82. The number of rotatable bonds is 3. The number of nitrogens with one attached hydrogen (secondary N) is 1. The predicted octanol–water partition coefficient (Wildman–Crippen LogP) is 1.57. The Kier molecular flexibility index (Phi) is 3.62. The molecule has 1 fully saturated rings. The molecule has 96 valence electrons. The Hall–Kier alpha value is -1.88. The molecule has 0 bridgehead atoms. The molecule has 5 heteroatoms. The molecule has 2 atom stereocenters. The molecule has 0 saturated carbocycles. The van der Waals surface area contributed by atoms with Gasteiger partial charge in [0.05, 0.1) is 0 Å². The van der Waals surface area contributed by atoms with Crippen LogP contribution in [0.25, 0.3) is 0 Å². The Morgan fingerprint density at radius 3 is 2.56 bits per heavy atom. The molecule has 0 aromatic heterocycles. The summed E-state index contributed by atoms with van der Waals surface area (Å²) in [7, 11) is 0. The standard InChI is InChI=1S/C13H15NO4/c1-8-4-2-3-5-9(8)14-12(15)10-6-7-11(18-10)13(16)17/h2-5,10-11H,6-7H2,1H3,(H,14,15)(H,16,17)/t10-,11+/m0/s1. The summed E-state index contributed by atoms with van der Waals surface area (Å²) >= 11 is 0. The van der Waals surface area contributed by atoms with Gasteiger partial charge >= 0.3 is 5.97 Å². The molecule has 1 aromatic carbocycles. The number of carbonyl (C=O) groups is 2. The lowest BCUT2D eigenvalue weighted by Crippen LogP contribution is -2.30. The fraction of sp³-hybridized carbons (Fsp3) is 0.385. The SMILES string of the molecule is Cc1ccccc1NC(=O)[C@@H]1CC[C@H](C(=O)O)O1. The minimum atomic E-state index is -1.01. The highest BCUT2D eigenvalue weighted by Gasteiger charge is 2.34. The lowest BCUT2D eigenvalue weighted by atomic mass is 10.1. The number of hydrogen-bond acceptors (Lipinski definition) is 3. The van der Waals surface area contributed by atoms with Gasteiger partial charge in [-0.3, -0.25) is 4.79 Å². The number of para-hydroxylation sites is 1. The summed E-state index contributed by atoms with van der Waals surface area (Å²) in [5, 5.41) is 11.5. The maximum Gasteiger partial charge on any atom is 0.332 e. The van der Waals surface area contributed by atoms with E-state index in [4.69, 9.17) is 9.84 Å². The Balaban J connectivity index is 1.98. The second kappa shape index (κ2) is 5.18. The third-order valence-electron chi connectivity index (χ3n) is 2.99. The molecule has 5 nitrogen and oxygen atoms in total. The molecule has 0 radical (unpaired) electrons. The lowest BCUT2D eigenvalue weighted by molar-refractivity contribution is -0.150. The number of aryl methyl sites for hydroxylation is 1. The zero-order valence-corrected chi connectivity index (χ0v) is 10.1. The summed E-state index contributed by atoms with van der Waals surface area (Å²) in [5.41, 5.74) is 1.68. The van der Waals surface area contributed by atoms with E-state index in [0.29, 0.717) is 12.8 Å². The second-order valence-electron chi connectivity index (χ2n) is 4.33. The number of ether oxygens (including phenoxy) is 1. The normalized spacial score (nSPS) is 22.7. The van der Waals surface area contributed by atoms with Gasteiger partial charge in [-0.2, -0.15) is 0 Å². The highest BCUT2D eigenvalue weighted by atomic mass is 16.5. The maximum atomic E-state index is 11.9. The van der Waals surface area contributed by atoms with Crippen LogP contribution in [0.15, 0.2) is 24.3 Å². The highest BCUT2D eigenvalue weighted by Crippen LogP contribution is 2.22. The second-order valence-corrected chi connectivity index (χ2v) is 4.33. The Morgan fingerprint density at radius 1 is 1.28 bits per heavy atom. The summed E-state index contributed by atoms with van der Waals surface area (Å²) in [6.45, 7) is 1.89. The van der Waals surface area contributed by atoms with Crippen molar-refractivity contribution in [1.82, 2.24) is 0 Å². The molecule has 0 spiro atoms. The molecule has 1 aromatic rings. The van der Waals surface area contributed by atoms with Gasteiger partial charge in [-0.05, 0) is 31.4 Å². The summed E-state index contributed by atoms with van der Waals surface area (Å²) in [4.78, 5) is 22.6. The van der Waals surface area contributed by atoms with Gasteiger partial charge in [-0.15, -0.1) is 0 Å². The molecule has 1 aliphatic rings. The number of anilines is 1. The minimum absolute atomic E-state index is 0.284. The predicted molar refractivity (Wildman–Crippen MR) is 65.3 cm³/mol. The van der Waals surface area contributed by atoms with Crippen LogP contribution in [0.2, 0.25) is 0 Å². The smallest absolute Gasteiger partial charge is 0.332 e. The van der Waals surface area contributed by atoms with Gasteiger partial charge in [0.25, 0.3) is 5.91 Å². The van der Waals surface area contributed by atoms with Crippen LogP contribution in [0, 0.1) is 6.92 Å². The molecule has 0 aliphatic carbocycles. The van der Waals surface area contributed by atoms with Crippen LogP contribution < -0.4 is 5.32 Å². The molecule has 1 heterocycles. The van der Waals surface area contributed by atoms with E-state index in [2.05, 4.69) is 5.32 Å². The third-order valence-corrected chi connectivity index (χ3v) is 2.99. The lowest BCUT2D eigenvalue weighted by Gasteiger charge is -2.13. The first kappa shape index (κ1) is 12.6. The Labute approximate surface area is 105 Å². The van der Waals surface area contributed by atoms with E-state index >= 15 is 0 Å². The average molecular weight is 249 g/mol. The third kappa shape index (κ3) is 2.68. The van der Waals surface area contributed by atoms with Crippen LogP contribution in [-0.2, 0) is 14.3 Å². The fourth-order valence-corrected chi connectivity index (χ4v) is 1.94. The van der Waals surface area contributed by atoms with Gasteiger partial charge in [0.2, 0.25) is 0 Å². The molecular formula is C13H15NO4. The van der Waals surface area contributed by atoms with E-state index in [1.807, 2.05) is 25.1 Å². The first-order valence-electron chi connectivity index (χ1n) is 5.82. The van der Waals surface area contributed by atoms with Crippen molar-refractivity contribution >= 4 is 17.6 Å². The van der Waals surface area contributed by atoms with Gasteiger partial charge < -0.3 is 15.2 Å². The quantitative estimate of drug-likeness (QED) is 0.852. The van der Waals surface area contributed by atoms with E-state index in [9.17, 15) is 9.59 Å². The molecule has 1 saturated heterocycles. The van der Waals surface area contributed by atoms with Crippen molar-refractivity contribution in [2.45, 2.75) is 32.0 Å². The van der Waals surface area contributed by atoms with Crippen molar-refractivity contribution in [2.24, 2.45) is 0 Å². The summed E-state index contributed by atoms with van der Waals surface area (Å²) in [5.74, 6) is -1.30. The largest absolute Gasteiger partial charge is 0.479 e. The molecule has 1 amide bonds. The van der Waals surface area contributed by atoms with Crippen LogP contribution >= 0.6 is 0 Å². The van der Waals surface area contributed by atoms with Crippen LogP contribution in [0.4, 0.5) is 5.69 Å². The molecule has 2 N–H and O–H groups in total. The van der Waals surface area contributed by atoms with Crippen molar-refractivity contribution in [2.75, 3.05) is 5.32 Å². The number of amides is 1. The van der Waals surface area contributed by atoms with E-state index in [-0.39, 0.29) is 5.91 Å². The summed E-state index contributed by atoms with van der Waals surface area (Å²) in [6.07, 6.45) is -0.723. The summed E-state index contributed by atoms with van der Waals surface area (Å²) in [6, 6.07) is 7.41. The van der Waals surface area contributed by atoms with Crippen LogP contribution in [0.3, 0.4) is 0 Å². The Bertz CT molecular complexity index is 472. The molecular weight excluding hydrogens is 234 g/mol. The van der Waals surface area contributed by atoms with Crippen LogP contribution in [0.5, 0.6) is 0 Å². The zero-order chi connectivity index (χ0) is 13.1. The summed E-state index contributed by atoms with van der Waals surface area (Å²) < 4.78 is 5.19. The molecule has 2 rings (SSSR count). The van der Waals surface area contributed by atoms with Crippen molar-refractivity contribution in [3.05, 3.63) is 29.8 Å². The van der Waals surface area contributed by atoms with Crippen molar-refractivity contribution in [3.63, 3.8) is 0 Å². The van der Waals surface area contributed by atoms with Crippen LogP contribution in [-0.4, -0.2) is 29.2 Å². The van der Waals surface area contributed by atoms with Gasteiger partial charge in [-0.25, -0.2) is 4.79 Å². The monoisotopic (exact) mass is 249 g/mol. The van der Waals surface area contributed by atoms with E-state index < -0.39 is 18.2 Å². The number of carbonyl (C=O) groups excluding carboxylic acids is 1. The fourth-order valence-electron chi connectivity index (χ4n) is 1.94. The van der Waals surface area contributed by atoms with Crippen molar-refractivity contribution in [1.29, 1.82) is 0 Å². The van der Waals surface area contributed by atoms with E-state index in [1.54, 1.807) is 6.07 Å². The Morgan fingerprint density at radius 2 is 1.94 bits per heavy atom. The van der Waals surface area contributed by atoms with Crippen molar-refractivity contribution < 1.29 is 19.4 Å². The number of hydrogen-bond donors (Lipinski definition) is 2. The first-order chi connectivity index (χ1) is 8.58. The zero-order valence-electron chi connectivity index (χ0n) is 10.1. The molecule has 18 heavy (non-hydrogen) atoms. The molecule has 0 unspecified atom stereocenters. The number of aliphatic carboxylic acids is 1. The number of benzene rings is 1. The van der Waals surface area contributed by atoms with Gasteiger partial charge in [-0.1, -0.05) is 18.2 Å². The minimum Gasteiger partial charge on any atom is -0.479 e. The molecule has 1 aliphatic heterocycles. The maximum absolute atomic E-state index is 11.9. The van der Waals surface area contributed by atoms with E-state index in [0.717, 1.165) is 11.3 Å². The highest BCUT2D eigenvalue weighted by molar-refractivity contribution is 5.95. The van der Waals surface area contributed by atoms with Crippen LogP contribution in [0.1, 0.15) is 18.4 Å². The topological polar surface area (TPSA) is 75.6 Å². The van der Waals surface area contributed by atoms with E-state index in [1.165, 1.54) is 0 Å². The van der Waals surface area contributed by atoms with Gasteiger partial charge in [0.1, 0.15) is 6.10 Å².